The normalized spacial score (nSPS) is 10.7. The predicted octanol–water partition coefficient (Wildman–Crippen LogP) is 5.41. The highest BCUT2D eigenvalue weighted by atomic mass is 19.3. The van der Waals surface area contributed by atoms with E-state index in [0.29, 0.717) is 34.0 Å². The fourth-order valence-electron chi connectivity index (χ4n) is 3.36. The fraction of sp³-hybridized carbons (Fsp3) is 0.120. The van der Waals surface area contributed by atoms with E-state index in [1.807, 2.05) is 30.3 Å². The van der Waals surface area contributed by atoms with E-state index in [9.17, 15) is 13.6 Å². The zero-order valence-corrected chi connectivity index (χ0v) is 18.4. The molecule has 1 N–H and O–H groups in total. The number of hydrogen-bond donors (Lipinski definition) is 1. The van der Waals surface area contributed by atoms with Gasteiger partial charge in [0.1, 0.15) is 22.9 Å². The lowest BCUT2D eigenvalue weighted by molar-refractivity contribution is -0.0498. The van der Waals surface area contributed by atoms with Gasteiger partial charge < -0.3 is 19.5 Å². The summed E-state index contributed by atoms with van der Waals surface area (Å²) < 4.78 is 41.5. The molecule has 7 nitrogen and oxygen atoms in total. The Balaban J connectivity index is 1.72. The first-order valence-electron chi connectivity index (χ1n) is 10.2. The summed E-state index contributed by atoms with van der Waals surface area (Å²) in [5.74, 6) is 0.645. The third kappa shape index (κ3) is 4.98. The molecule has 4 aromatic rings. The highest BCUT2D eigenvalue weighted by molar-refractivity contribution is 6.08. The van der Waals surface area contributed by atoms with Gasteiger partial charge in [0.15, 0.2) is 0 Å². The van der Waals surface area contributed by atoms with Crippen LogP contribution in [-0.2, 0) is 0 Å². The van der Waals surface area contributed by atoms with Crippen molar-refractivity contribution in [2.75, 3.05) is 19.5 Å². The quantitative estimate of drug-likeness (QED) is 0.377. The molecular weight excluding hydrogens is 444 g/mol. The Bertz CT molecular complexity index is 1280. The number of carbonyl (C=O) groups excluding carboxylic acids is 1. The van der Waals surface area contributed by atoms with Crippen LogP contribution in [-0.4, -0.2) is 36.5 Å². The molecule has 9 heteroatoms. The van der Waals surface area contributed by atoms with Crippen molar-refractivity contribution in [3.63, 3.8) is 0 Å². The molecule has 174 valence electrons. The fourth-order valence-corrected chi connectivity index (χ4v) is 3.36. The number of amides is 1. The van der Waals surface area contributed by atoms with E-state index in [2.05, 4.69) is 15.2 Å². The molecule has 0 aliphatic carbocycles. The molecule has 3 aromatic carbocycles. The zero-order valence-electron chi connectivity index (χ0n) is 18.4. The van der Waals surface area contributed by atoms with Gasteiger partial charge in [-0.05, 0) is 48.5 Å². The zero-order chi connectivity index (χ0) is 24.1. The van der Waals surface area contributed by atoms with Crippen LogP contribution < -0.4 is 19.5 Å². The summed E-state index contributed by atoms with van der Waals surface area (Å²) in [6.07, 6.45) is 1.62. The Kier molecular flexibility index (Phi) is 6.72. The maximum Gasteiger partial charge on any atom is 0.387 e. The number of alkyl halides is 2. The Morgan fingerprint density at radius 2 is 1.65 bits per heavy atom. The highest BCUT2D eigenvalue weighted by Gasteiger charge is 2.22. The van der Waals surface area contributed by atoms with Gasteiger partial charge in [0, 0.05) is 23.5 Å². The van der Waals surface area contributed by atoms with Crippen molar-refractivity contribution < 1.29 is 27.8 Å². The van der Waals surface area contributed by atoms with E-state index < -0.39 is 12.5 Å². The van der Waals surface area contributed by atoms with Crippen LogP contribution in [0.25, 0.3) is 16.9 Å². The first-order valence-corrected chi connectivity index (χ1v) is 10.2. The Morgan fingerprint density at radius 3 is 2.29 bits per heavy atom. The number of carbonyl (C=O) groups is 1. The maximum atomic E-state index is 13.3. The number of methoxy groups -OCH3 is 2. The maximum absolute atomic E-state index is 13.3. The Hall–Kier alpha value is -4.40. The minimum absolute atomic E-state index is 0.00597. The molecule has 0 aliphatic heterocycles. The van der Waals surface area contributed by atoms with Crippen molar-refractivity contribution in [3.8, 4) is 34.2 Å². The van der Waals surface area contributed by atoms with Gasteiger partial charge in [-0.2, -0.15) is 13.9 Å². The van der Waals surface area contributed by atoms with Crippen LogP contribution in [0.15, 0.2) is 79.0 Å². The van der Waals surface area contributed by atoms with Gasteiger partial charge in [0.05, 0.1) is 25.5 Å². The van der Waals surface area contributed by atoms with E-state index in [-0.39, 0.29) is 5.75 Å². The standard InChI is InChI=1S/C25H21F2N3O4/c1-32-19-12-13-20(22(14-19)33-2)23-21(15-30(29-23)17-6-4-3-5-7-17)24(31)28-16-8-10-18(11-9-16)34-25(26)27/h3-15,25H,1-2H3,(H,28,31). The lowest BCUT2D eigenvalue weighted by Gasteiger charge is -2.11. The SMILES string of the molecule is COc1ccc(-c2nn(-c3ccccc3)cc2C(=O)Nc2ccc(OC(F)F)cc2)c(OC)c1. The third-order valence-electron chi connectivity index (χ3n) is 4.98. The molecule has 0 unspecified atom stereocenters. The molecule has 4 rings (SSSR count). The van der Waals surface area contributed by atoms with Crippen LogP contribution in [0, 0.1) is 0 Å². The average molecular weight is 465 g/mol. The number of para-hydroxylation sites is 1. The Morgan fingerprint density at radius 1 is 0.941 bits per heavy atom. The summed E-state index contributed by atoms with van der Waals surface area (Å²) in [5, 5.41) is 7.43. The van der Waals surface area contributed by atoms with Crippen molar-refractivity contribution in [2.45, 2.75) is 6.61 Å². The number of nitrogens with one attached hydrogen (secondary N) is 1. The van der Waals surface area contributed by atoms with E-state index in [0.717, 1.165) is 5.69 Å². The summed E-state index contributed by atoms with van der Waals surface area (Å²) in [6, 6.07) is 20.2. The number of benzene rings is 3. The van der Waals surface area contributed by atoms with Crippen molar-refractivity contribution in [3.05, 3.63) is 84.6 Å². The van der Waals surface area contributed by atoms with Crippen molar-refractivity contribution in [1.29, 1.82) is 0 Å². The van der Waals surface area contributed by atoms with Crippen molar-refractivity contribution in [1.82, 2.24) is 9.78 Å². The smallest absolute Gasteiger partial charge is 0.387 e. The lowest BCUT2D eigenvalue weighted by atomic mass is 10.1. The van der Waals surface area contributed by atoms with Gasteiger partial charge in [-0.25, -0.2) is 4.68 Å². The molecule has 34 heavy (non-hydrogen) atoms. The summed E-state index contributed by atoms with van der Waals surface area (Å²) >= 11 is 0. The average Bonchev–Trinajstić information content (AvgIpc) is 3.30. The number of halogens is 2. The van der Waals surface area contributed by atoms with Crippen LogP contribution in [0.2, 0.25) is 0 Å². The van der Waals surface area contributed by atoms with Crippen LogP contribution in [0.4, 0.5) is 14.5 Å². The second-order valence-electron chi connectivity index (χ2n) is 7.09. The summed E-state index contributed by atoms with van der Waals surface area (Å²) in [4.78, 5) is 13.3. The number of nitrogens with zero attached hydrogens (tertiary/aromatic N) is 2. The molecule has 1 aromatic heterocycles. The van der Waals surface area contributed by atoms with Crippen LogP contribution in [0.3, 0.4) is 0 Å². The molecule has 0 saturated carbocycles. The van der Waals surface area contributed by atoms with Gasteiger partial charge in [-0.15, -0.1) is 0 Å². The number of ether oxygens (including phenoxy) is 3. The highest BCUT2D eigenvalue weighted by Crippen LogP contribution is 2.35. The van der Waals surface area contributed by atoms with Crippen LogP contribution >= 0.6 is 0 Å². The molecule has 0 radical (unpaired) electrons. The first-order chi connectivity index (χ1) is 16.5. The molecule has 0 bridgehead atoms. The first kappa shape index (κ1) is 22.8. The topological polar surface area (TPSA) is 74.6 Å². The third-order valence-corrected chi connectivity index (χ3v) is 4.98. The van der Waals surface area contributed by atoms with Crippen LogP contribution in [0.1, 0.15) is 10.4 Å². The van der Waals surface area contributed by atoms with Gasteiger partial charge in [0.2, 0.25) is 0 Å². The van der Waals surface area contributed by atoms with E-state index in [4.69, 9.17) is 9.47 Å². The summed E-state index contributed by atoms with van der Waals surface area (Å²) in [7, 11) is 3.07. The number of aromatic nitrogens is 2. The molecule has 0 spiro atoms. The van der Waals surface area contributed by atoms with Gasteiger partial charge in [-0.1, -0.05) is 18.2 Å². The molecule has 1 heterocycles. The minimum atomic E-state index is -2.92. The molecule has 1 amide bonds. The molecule has 0 aliphatic rings. The number of hydrogen-bond acceptors (Lipinski definition) is 5. The van der Waals surface area contributed by atoms with Crippen LogP contribution in [0.5, 0.6) is 17.2 Å². The molecule has 0 atom stereocenters. The number of rotatable bonds is 8. The summed E-state index contributed by atoms with van der Waals surface area (Å²) in [6.45, 7) is -2.92. The molecule has 0 fully saturated rings. The largest absolute Gasteiger partial charge is 0.497 e. The predicted molar refractivity (Wildman–Crippen MR) is 123 cm³/mol. The number of anilines is 1. The van der Waals surface area contributed by atoms with E-state index >= 15 is 0 Å². The van der Waals surface area contributed by atoms with E-state index in [1.165, 1.54) is 31.4 Å². The molecular formula is C25H21F2N3O4. The minimum Gasteiger partial charge on any atom is -0.497 e. The summed E-state index contributed by atoms with van der Waals surface area (Å²) in [5.41, 5.74) is 2.47. The Labute approximate surface area is 194 Å². The second-order valence-corrected chi connectivity index (χ2v) is 7.09. The van der Waals surface area contributed by atoms with Crippen molar-refractivity contribution >= 4 is 11.6 Å². The van der Waals surface area contributed by atoms with E-state index in [1.54, 1.807) is 36.2 Å². The van der Waals surface area contributed by atoms with Gasteiger partial charge >= 0.3 is 6.61 Å². The monoisotopic (exact) mass is 465 g/mol. The lowest BCUT2D eigenvalue weighted by Crippen LogP contribution is -2.12. The molecule has 0 saturated heterocycles. The van der Waals surface area contributed by atoms with Gasteiger partial charge in [0.25, 0.3) is 5.91 Å². The van der Waals surface area contributed by atoms with Crippen molar-refractivity contribution in [2.24, 2.45) is 0 Å². The second kappa shape index (κ2) is 10.0. The van der Waals surface area contributed by atoms with Gasteiger partial charge in [-0.3, -0.25) is 4.79 Å².